The fourth-order valence-electron chi connectivity index (χ4n) is 2.32. The molecular weight excluding hydrogens is 236 g/mol. The van der Waals surface area contributed by atoms with Crippen molar-refractivity contribution < 1.29 is 5.11 Å². The van der Waals surface area contributed by atoms with Gasteiger partial charge in [0, 0.05) is 31.3 Å². The van der Waals surface area contributed by atoms with Gasteiger partial charge in [-0.2, -0.15) is 0 Å². The van der Waals surface area contributed by atoms with Crippen LogP contribution in [0.5, 0.6) is 0 Å². The molecule has 1 aromatic heterocycles. The van der Waals surface area contributed by atoms with Gasteiger partial charge >= 0.3 is 0 Å². The van der Waals surface area contributed by atoms with Crippen molar-refractivity contribution in [1.29, 1.82) is 0 Å². The van der Waals surface area contributed by atoms with Gasteiger partial charge in [-0.3, -0.25) is 0 Å². The molecule has 0 aliphatic heterocycles. The highest BCUT2D eigenvalue weighted by Gasteiger charge is 2.18. The Bertz CT molecular complexity index is 492. The molecule has 1 heterocycles. The minimum Gasteiger partial charge on any atom is -0.392 e. The van der Waals surface area contributed by atoms with Crippen LogP contribution in [0.2, 0.25) is 0 Å². The molecule has 0 amide bonds. The third-order valence-electron chi connectivity index (χ3n) is 3.56. The average molecular weight is 258 g/mol. The Morgan fingerprint density at radius 3 is 2.68 bits per heavy atom. The van der Waals surface area contributed by atoms with Crippen LogP contribution in [0.4, 0.5) is 0 Å². The monoisotopic (exact) mass is 258 g/mol. The Morgan fingerprint density at radius 2 is 2.00 bits per heavy atom. The standard InChI is InChI=1S/C16H22N2O/c1-3-10-18-11-9-17-16(18)12-15(19)13(2)14-7-5-4-6-8-14/h4-9,11,13,15,19H,3,10,12H2,1-2H3. The van der Waals surface area contributed by atoms with E-state index in [1.807, 2.05) is 30.6 Å². The number of imidazole rings is 1. The van der Waals surface area contributed by atoms with Crippen LogP contribution in [0.25, 0.3) is 0 Å². The molecule has 102 valence electrons. The molecule has 1 N–H and O–H groups in total. The smallest absolute Gasteiger partial charge is 0.111 e. The molecule has 0 aliphatic rings. The highest BCUT2D eigenvalue weighted by molar-refractivity contribution is 5.20. The molecule has 0 aliphatic carbocycles. The van der Waals surface area contributed by atoms with Crippen LogP contribution < -0.4 is 0 Å². The first-order chi connectivity index (χ1) is 9.22. The van der Waals surface area contributed by atoms with E-state index in [9.17, 15) is 5.11 Å². The van der Waals surface area contributed by atoms with Crippen LogP contribution in [-0.2, 0) is 13.0 Å². The molecule has 3 nitrogen and oxygen atoms in total. The van der Waals surface area contributed by atoms with Gasteiger partial charge in [-0.1, -0.05) is 44.2 Å². The average Bonchev–Trinajstić information content (AvgIpc) is 2.86. The minimum atomic E-state index is -0.402. The SMILES string of the molecule is CCCn1ccnc1CC(O)C(C)c1ccccc1. The predicted octanol–water partition coefficient (Wildman–Crippen LogP) is 3.00. The van der Waals surface area contributed by atoms with Gasteiger partial charge in [0.15, 0.2) is 0 Å². The zero-order valence-corrected chi connectivity index (χ0v) is 11.7. The highest BCUT2D eigenvalue weighted by atomic mass is 16.3. The molecule has 2 aromatic rings. The quantitative estimate of drug-likeness (QED) is 0.865. The maximum Gasteiger partial charge on any atom is 0.111 e. The van der Waals surface area contributed by atoms with E-state index in [-0.39, 0.29) is 5.92 Å². The third-order valence-corrected chi connectivity index (χ3v) is 3.56. The number of rotatable bonds is 6. The van der Waals surface area contributed by atoms with Crippen molar-refractivity contribution in [2.45, 2.75) is 45.3 Å². The topological polar surface area (TPSA) is 38.0 Å². The molecule has 0 radical (unpaired) electrons. The first-order valence-corrected chi connectivity index (χ1v) is 6.95. The van der Waals surface area contributed by atoms with Gasteiger partial charge in [0.25, 0.3) is 0 Å². The van der Waals surface area contributed by atoms with Crippen LogP contribution >= 0.6 is 0 Å². The summed E-state index contributed by atoms with van der Waals surface area (Å²) in [6.45, 7) is 5.17. The fraction of sp³-hybridized carbons (Fsp3) is 0.438. The van der Waals surface area contributed by atoms with Crippen molar-refractivity contribution in [3.8, 4) is 0 Å². The van der Waals surface area contributed by atoms with Crippen LogP contribution in [0, 0.1) is 0 Å². The van der Waals surface area contributed by atoms with Gasteiger partial charge in [0.2, 0.25) is 0 Å². The number of benzene rings is 1. The van der Waals surface area contributed by atoms with Crippen LogP contribution in [0.15, 0.2) is 42.7 Å². The second-order valence-corrected chi connectivity index (χ2v) is 5.01. The molecule has 3 heteroatoms. The van der Waals surface area contributed by atoms with Gasteiger partial charge in [-0.15, -0.1) is 0 Å². The summed E-state index contributed by atoms with van der Waals surface area (Å²) in [4.78, 5) is 4.35. The summed E-state index contributed by atoms with van der Waals surface area (Å²) in [7, 11) is 0. The minimum absolute atomic E-state index is 0.118. The second-order valence-electron chi connectivity index (χ2n) is 5.01. The van der Waals surface area contributed by atoms with Gasteiger partial charge < -0.3 is 9.67 Å². The van der Waals surface area contributed by atoms with E-state index in [4.69, 9.17) is 0 Å². The Hall–Kier alpha value is -1.61. The number of aliphatic hydroxyl groups excluding tert-OH is 1. The molecule has 19 heavy (non-hydrogen) atoms. The van der Waals surface area contributed by atoms with Crippen molar-refractivity contribution in [2.75, 3.05) is 0 Å². The summed E-state index contributed by atoms with van der Waals surface area (Å²) in [5.41, 5.74) is 1.17. The second kappa shape index (κ2) is 6.53. The summed E-state index contributed by atoms with van der Waals surface area (Å²) in [6.07, 6.45) is 5.07. The lowest BCUT2D eigenvalue weighted by atomic mass is 9.93. The predicted molar refractivity (Wildman–Crippen MR) is 77.1 cm³/mol. The highest BCUT2D eigenvalue weighted by Crippen LogP contribution is 2.21. The molecule has 2 atom stereocenters. The third kappa shape index (κ3) is 3.44. The molecule has 1 aromatic carbocycles. The van der Waals surface area contributed by atoms with Gasteiger partial charge in [-0.25, -0.2) is 4.98 Å². The summed E-state index contributed by atoms with van der Waals surface area (Å²) in [6, 6.07) is 10.1. The number of aromatic nitrogens is 2. The van der Waals surface area contributed by atoms with E-state index in [0.29, 0.717) is 6.42 Å². The Kier molecular flexibility index (Phi) is 4.74. The molecule has 2 unspecified atom stereocenters. The molecule has 0 saturated carbocycles. The zero-order chi connectivity index (χ0) is 13.7. The Morgan fingerprint density at radius 1 is 1.26 bits per heavy atom. The number of nitrogens with zero attached hydrogens (tertiary/aromatic N) is 2. The molecule has 0 spiro atoms. The van der Waals surface area contributed by atoms with E-state index < -0.39 is 6.10 Å². The Labute approximate surface area is 114 Å². The van der Waals surface area contributed by atoms with Crippen LogP contribution in [-0.4, -0.2) is 20.8 Å². The number of aryl methyl sites for hydroxylation is 1. The van der Waals surface area contributed by atoms with Crippen molar-refractivity contribution in [2.24, 2.45) is 0 Å². The lowest BCUT2D eigenvalue weighted by molar-refractivity contribution is 0.146. The molecule has 0 bridgehead atoms. The van der Waals surface area contributed by atoms with Crippen molar-refractivity contribution in [1.82, 2.24) is 9.55 Å². The maximum atomic E-state index is 10.4. The molecule has 2 rings (SSSR count). The van der Waals surface area contributed by atoms with Crippen LogP contribution in [0.3, 0.4) is 0 Å². The van der Waals surface area contributed by atoms with E-state index in [1.54, 1.807) is 0 Å². The molecule has 0 saturated heterocycles. The molecular formula is C16H22N2O. The Balaban J connectivity index is 2.04. The van der Waals surface area contributed by atoms with E-state index >= 15 is 0 Å². The number of hydrogen-bond acceptors (Lipinski definition) is 2. The van der Waals surface area contributed by atoms with Crippen LogP contribution in [0.1, 0.15) is 37.6 Å². The summed E-state index contributed by atoms with van der Waals surface area (Å²) < 4.78 is 2.13. The van der Waals surface area contributed by atoms with E-state index in [0.717, 1.165) is 18.8 Å². The van der Waals surface area contributed by atoms with Crippen molar-refractivity contribution >= 4 is 0 Å². The zero-order valence-electron chi connectivity index (χ0n) is 11.7. The largest absolute Gasteiger partial charge is 0.392 e. The van der Waals surface area contributed by atoms with E-state index in [1.165, 1.54) is 5.56 Å². The maximum absolute atomic E-state index is 10.4. The van der Waals surface area contributed by atoms with Gasteiger partial charge in [-0.05, 0) is 12.0 Å². The van der Waals surface area contributed by atoms with Crippen molar-refractivity contribution in [3.63, 3.8) is 0 Å². The first kappa shape index (κ1) is 13.8. The lowest BCUT2D eigenvalue weighted by Gasteiger charge is -2.19. The van der Waals surface area contributed by atoms with Crippen molar-refractivity contribution in [3.05, 3.63) is 54.1 Å². The van der Waals surface area contributed by atoms with Gasteiger partial charge in [0.1, 0.15) is 5.82 Å². The fourth-order valence-corrected chi connectivity index (χ4v) is 2.32. The van der Waals surface area contributed by atoms with E-state index in [2.05, 4.69) is 35.5 Å². The molecule has 0 fully saturated rings. The number of aliphatic hydroxyl groups is 1. The summed E-state index contributed by atoms with van der Waals surface area (Å²) >= 11 is 0. The normalized spacial score (nSPS) is 14.3. The first-order valence-electron chi connectivity index (χ1n) is 6.95. The summed E-state index contributed by atoms with van der Waals surface area (Å²) in [5.74, 6) is 1.09. The van der Waals surface area contributed by atoms with Gasteiger partial charge in [0.05, 0.1) is 6.10 Å². The number of hydrogen-bond donors (Lipinski definition) is 1. The lowest BCUT2D eigenvalue weighted by Crippen LogP contribution is -2.21. The summed E-state index contributed by atoms with van der Waals surface area (Å²) in [5, 5.41) is 10.4.